The van der Waals surface area contributed by atoms with Crippen LogP contribution in [-0.4, -0.2) is 17.8 Å². The number of hydrogen-bond acceptors (Lipinski definition) is 2. The van der Waals surface area contributed by atoms with Crippen LogP contribution in [0.3, 0.4) is 0 Å². The summed E-state index contributed by atoms with van der Waals surface area (Å²) in [6.45, 7) is 4.31. The Morgan fingerprint density at radius 3 is 2.14 bits per heavy atom. The molecule has 0 radical (unpaired) electrons. The minimum absolute atomic E-state index is 0.240. The van der Waals surface area contributed by atoms with Crippen molar-refractivity contribution < 1.29 is 5.11 Å². The van der Waals surface area contributed by atoms with Gasteiger partial charge in [0.1, 0.15) is 0 Å². The highest BCUT2D eigenvalue weighted by atomic mass is 16.2. The molecule has 14 heavy (non-hydrogen) atoms. The highest BCUT2D eigenvalue weighted by Crippen LogP contribution is 1.97. The average molecular weight is 195 g/mol. The number of nitrogens with two attached hydrogens (primary N) is 1. The van der Waals surface area contributed by atoms with Crippen LogP contribution in [-0.2, 0) is 6.42 Å². The molecule has 0 saturated carbocycles. The van der Waals surface area contributed by atoms with Gasteiger partial charge in [-0.1, -0.05) is 37.3 Å². The summed E-state index contributed by atoms with van der Waals surface area (Å²) in [5.74, 6) is 0. The Hall–Kier alpha value is -0.860. The Morgan fingerprint density at radius 2 is 1.79 bits per heavy atom. The summed E-state index contributed by atoms with van der Waals surface area (Å²) in [5, 5.41) is 8.52. The van der Waals surface area contributed by atoms with Gasteiger partial charge in [0.15, 0.2) is 0 Å². The van der Waals surface area contributed by atoms with Gasteiger partial charge in [0.25, 0.3) is 0 Å². The standard InChI is InChI=1S/C8H10O.C4H11N/c9-7-6-8-4-2-1-3-5-8;1-3-4(2)5/h1-5,9H,6-7H2;4H,3,5H2,1-2H3. The lowest BCUT2D eigenvalue weighted by Gasteiger charge is -1.93. The quantitative estimate of drug-likeness (QED) is 0.774. The molecule has 2 nitrogen and oxygen atoms in total. The van der Waals surface area contributed by atoms with Crippen molar-refractivity contribution in [3.8, 4) is 0 Å². The molecule has 0 saturated heterocycles. The highest BCUT2D eigenvalue weighted by Gasteiger charge is 1.85. The van der Waals surface area contributed by atoms with Crippen LogP contribution in [0.15, 0.2) is 30.3 Å². The molecule has 2 heteroatoms. The molecule has 1 aromatic rings. The van der Waals surface area contributed by atoms with Crippen LogP contribution in [0.1, 0.15) is 25.8 Å². The van der Waals surface area contributed by atoms with E-state index >= 15 is 0 Å². The summed E-state index contributed by atoms with van der Waals surface area (Å²) < 4.78 is 0. The minimum Gasteiger partial charge on any atom is -0.396 e. The van der Waals surface area contributed by atoms with E-state index in [1.54, 1.807) is 0 Å². The van der Waals surface area contributed by atoms with Crippen LogP contribution >= 0.6 is 0 Å². The molecule has 0 aliphatic rings. The normalized spacial score (nSPS) is 11.4. The predicted octanol–water partition coefficient (Wildman–Crippen LogP) is 1.97. The molecule has 0 aromatic heterocycles. The van der Waals surface area contributed by atoms with Gasteiger partial charge in [0.05, 0.1) is 0 Å². The van der Waals surface area contributed by atoms with Crippen molar-refractivity contribution in [2.45, 2.75) is 32.7 Å². The largest absolute Gasteiger partial charge is 0.396 e. The third-order valence-electron chi connectivity index (χ3n) is 1.89. The third kappa shape index (κ3) is 7.77. The van der Waals surface area contributed by atoms with Crippen LogP contribution in [0.5, 0.6) is 0 Å². The second kappa shape index (κ2) is 8.73. The highest BCUT2D eigenvalue weighted by molar-refractivity contribution is 5.14. The minimum atomic E-state index is 0.240. The Balaban J connectivity index is 0.000000292. The molecule has 1 unspecified atom stereocenters. The van der Waals surface area contributed by atoms with Gasteiger partial charge >= 0.3 is 0 Å². The average Bonchev–Trinajstić information content (AvgIpc) is 2.21. The molecule has 0 aliphatic heterocycles. The Kier molecular flexibility index (Phi) is 8.19. The Morgan fingerprint density at radius 1 is 1.29 bits per heavy atom. The lowest BCUT2D eigenvalue weighted by molar-refractivity contribution is 0.299. The second-order valence-corrected chi connectivity index (χ2v) is 3.34. The van der Waals surface area contributed by atoms with Gasteiger partial charge in [-0.25, -0.2) is 0 Å². The van der Waals surface area contributed by atoms with E-state index in [1.807, 2.05) is 37.3 Å². The summed E-state index contributed by atoms with van der Waals surface area (Å²) in [6.07, 6.45) is 1.85. The van der Waals surface area contributed by atoms with Crippen molar-refractivity contribution in [2.24, 2.45) is 5.73 Å². The molecule has 0 bridgehead atoms. The number of aliphatic hydroxyl groups is 1. The number of aliphatic hydroxyl groups excluding tert-OH is 1. The van der Waals surface area contributed by atoms with E-state index in [9.17, 15) is 0 Å². The molecule has 0 amide bonds. The van der Waals surface area contributed by atoms with Crippen LogP contribution < -0.4 is 5.73 Å². The van der Waals surface area contributed by atoms with E-state index in [2.05, 4.69) is 6.92 Å². The van der Waals surface area contributed by atoms with Gasteiger partial charge in [-0.15, -0.1) is 0 Å². The fourth-order valence-electron chi connectivity index (χ4n) is 0.774. The van der Waals surface area contributed by atoms with Gasteiger partial charge in [-0.3, -0.25) is 0 Å². The molecule has 0 fully saturated rings. The number of rotatable bonds is 3. The lowest BCUT2D eigenvalue weighted by Crippen LogP contribution is -2.11. The molecule has 1 rings (SSSR count). The fourth-order valence-corrected chi connectivity index (χ4v) is 0.774. The Labute approximate surface area is 86.8 Å². The van der Waals surface area contributed by atoms with E-state index in [-0.39, 0.29) is 6.61 Å². The van der Waals surface area contributed by atoms with Gasteiger partial charge in [0, 0.05) is 12.6 Å². The first-order chi connectivity index (χ1) is 6.70. The SMILES string of the molecule is CCC(C)N.OCCc1ccccc1. The molecule has 3 N–H and O–H groups in total. The van der Waals surface area contributed by atoms with Gasteiger partial charge in [-0.2, -0.15) is 0 Å². The fraction of sp³-hybridized carbons (Fsp3) is 0.500. The third-order valence-corrected chi connectivity index (χ3v) is 1.89. The first kappa shape index (κ1) is 13.1. The second-order valence-electron chi connectivity index (χ2n) is 3.34. The molecule has 1 atom stereocenters. The maximum absolute atomic E-state index is 8.52. The number of hydrogen-bond donors (Lipinski definition) is 2. The zero-order chi connectivity index (χ0) is 10.8. The van der Waals surface area contributed by atoms with Gasteiger partial charge < -0.3 is 10.8 Å². The number of benzene rings is 1. The van der Waals surface area contributed by atoms with Crippen molar-refractivity contribution >= 4 is 0 Å². The maximum Gasteiger partial charge on any atom is 0.0471 e. The lowest BCUT2D eigenvalue weighted by atomic mass is 10.2. The topological polar surface area (TPSA) is 46.2 Å². The zero-order valence-electron chi connectivity index (χ0n) is 9.11. The molecular formula is C12H21NO. The summed E-state index contributed by atoms with van der Waals surface area (Å²) in [4.78, 5) is 0. The first-order valence-corrected chi connectivity index (χ1v) is 5.11. The summed E-state index contributed by atoms with van der Waals surface area (Å²) in [6, 6.07) is 10.3. The summed E-state index contributed by atoms with van der Waals surface area (Å²) >= 11 is 0. The van der Waals surface area contributed by atoms with Crippen LogP contribution in [0.2, 0.25) is 0 Å². The zero-order valence-corrected chi connectivity index (χ0v) is 9.11. The molecule has 0 aliphatic carbocycles. The first-order valence-electron chi connectivity index (χ1n) is 5.11. The van der Waals surface area contributed by atoms with Crippen LogP contribution in [0.25, 0.3) is 0 Å². The van der Waals surface area contributed by atoms with Gasteiger partial charge in [-0.05, 0) is 25.3 Å². The van der Waals surface area contributed by atoms with Crippen LogP contribution in [0, 0.1) is 0 Å². The van der Waals surface area contributed by atoms with Crippen LogP contribution in [0.4, 0.5) is 0 Å². The van der Waals surface area contributed by atoms with Crippen molar-refractivity contribution in [3.63, 3.8) is 0 Å². The molecule has 0 spiro atoms. The van der Waals surface area contributed by atoms with Crippen molar-refractivity contribution in [2.75, 3.05) is 6.61 Å². The molecular weight excluding hydrogens is 174 g/mol. The monoisotopic (exact) mass is 195 g/mol. The van der Waals surface area contributed by atoms with Gasteiger partial charge in [0.2, 0.25) is 0 Å². The predicted molar refractivity (Wildman–Crippen MR) is 61.2 cm³/mol. The van der Waals surface area contributed by atoms with E-state index in [1.165, 1.54) is 5.56 Å². The van der Waals surface area contributed by atoms with E-state index < -0.39 is 0 Å². The molecule has 0 heterocycles. The van der Waals surface area contributed by atoms with Crippen molar-refractivity contribution in [1.82, 2.24) is 0 Å². The van der Waals surface area contributed by atoms with Crippen molar-refractivity contribution in [3.05, 3.63) is 35.9 Å². The van der Waals surface area contributed by atoms with Crippen molar-refractivity contribution in [1.29, 1.82) is 0 Å². The smallest absolute Gasteiger partial charge is 0.0471 e. The summed E-state index contributed by atoms with van der Waals surface area (Å²) in [7, 11) is 0. The van der Waals surface area contributed by atoms with E-state index in [0.29, 0.717) is 6.04 Å². The van der Waals surface area contributed by atoms with E-state index in [4.69, 9.17) is 10.8 Å². The summed E-state index contributed by atoms with van der Waals surface area (Å²) in [5.41, 5.74) is 6.49. The Bertz CT molecular complexity index is 209. The van der Waals surface area contributed by atoms with E-state index in [0.717, 1.165) is 12.8 Å². The molecule has 1 aromatic carbocycles. The molecule has 80 valence electrons. The maximum atomic E-state index is 8.52.